The number of unbranched alkanes of at least 4 members (excludes halogenated alkanes) is 2. The van der Waals surface area contributed by atoms with Crippen LogP contribution in [0.4, 0.5) is 0 Å². The maximum atomic E-state index is 13.1. The second kappa shape index (κ2) is 21.0. The molecule has 1 saturated carbocycles. The highest BCUT2D eigenvalue weighted by Crippen LogP contribution is 2.45. The van der Waals surface area contributed by atoms with E-state index in [1.807, 2.05) is 6.20 Å². The van der Waals surface area contributed by atoms with Crippen molar-refractivity contribution >= 4 is 17.6 Å². The van der Waals surface area contributed by atoms with Crippen molar-refractivity contribution in [2.45, 2.75) is 95.7 Å². The van der Waals surface area contributed by atoms with Crippen LogP contribution in [0.2, 0.25) is 0 Å². The molecular weight excluding hydrogens is 733 g/mol. The highest BCUT2D eigenvalue weighted by Gasteiger charge is 2.44. The summed E-state index contributed by atoms with van der Waals surface area (Å²) in [4.78, 5) is 26.1. The summed E-state index contributed by atoms with van der Waals surface area (Å²) in [7, 11) is 1.51. The van der Waals surface area contributed by atoms with E-state index in [1.54, 1.807) is 18.2 Å². The Bertz CT molecular complexity index is 2020. The molecule has 0 amide bonds. The van der Waals surface area contributed by atoms with Crippen molar-refractivity contribution in [3.8, 4) is 11.5 Å². The van der Waals surface area contributed by atoms with Gasteiger partial charge < -0.3 is 31.5 Å². The van der Waals surface area contributed by atoms with Gasteiger partial charge >= 0.3 is 0 Å². The van der Waals surface area contributed by atoms with E-state index in [1.165, 1.54) is 49.1 Å². The number of phenolic OH excluding ortho intramolecular Hbond substituents is 1. The van der Waals surface area contributed by atoms with Gasteiger partial charge in [0.2, 0.25) is 0 Å². The van der Waals surface area contributed by atoms with E-state index in [2.05, 4.69) is 88.8 Å². The Balaban J connectivity index is 0.911. The van der Waals surface area contributed by atoms with Gasteiger partial charge in [-0.25, -0.2) is 0 Å². The molecule has 7 rings (SSSR count). The van der Waals surface area contributed by atoms with E-state index in [0.29, 0.717) is 36.5 Å². The van der Waals surface area contributed by atoms with Gasteiger partial charge in [0, 0.05) is 25.2 Å². The smallest absolute Gasteiger partial charge is 0.163 e. The average molecular weight is 797 g/mol. The van der Waals surface area contributed by atoms with Crippen molar-refractivity contribution in [1.82, 2.24) is 16.0 Å². The Labute approximate surface area is 351 Å². The van der Waals surface area contributed by atoms with Crippen molar-refractivity contribution in [2.75, 3.05) is 26.7 Å². The fraction of sp³-hybridized carbons (Fsp3) is 0.451. The first-order chi connectivity index (χ1) is 28.8. The predicted octanol–water partition coefficient (Wildman–Crippen LogP) is 7.94. The Morgan fingerprint density at radius 3 is 2.56 bits per heavy atom. The molecule has 0 radical (unpaired) electrons. The molecule has 0 bridgehead atoms. The molecule has 0 aromatic heterocycles. The summed E-state index contributed by atoms with van der Waals surface area (Å²) in [6.07, 6.45) is 23.0. The molecule has 3 heterocycles. The van der Waals surface area contributed by atoms with Gasteiger partial charge in [0.1, 0.15) is 5.78 Å². The summed E-state index contributed by atoms with van der Waals surface area (Å²) >= 11 is 0. The zero-order chi connectivity index (χ0) is 41.0. The number of fused-ring (bicyclic) bond motifs is 2. The van der Waals surface area contributed by atoms with Crippen LogP contribution in [0.25, 0.3) is 6.08 Å². The van der Waals surface area contributed by atoms with Crippen LogP contribution in [0, 0.1) is 23.7 Å². The quantitative estimate of drug-likeness (QED) is 0.0359. The number of hydrogen-bond acceptors (Lipinski definition) is 8. The molecule has 3 aromatic carbocycles. The van der Waals surface area contributed by atoms with E-state index in [0.717, 1.165) is 98.7 Å². The first kappa shape index (κ1) is 42.4. The van der Waals surface area contributed by atoms with E-state index >= 15 is 0 Å². The molecule has 0 spiro atoms. The first-order valence-corrected chi connectivity index (χ1v) is 22.1. The molecule has 8 nitrogen and oxygen atoms in total. The molecule has 3 aromatic rings. The number of aromatic hydroxyl groups is 1. The molecule has 3 aliphatic heterocycles. The maximum Gasteiger partial charge on any atom is 0.163 e. The highest BCUT2D eigenvalue weighted by molar-refractivity contribution is 6.06. The van der Waals surface area contributed by atoms with Crippen LogP contribution in [-0.2, 0) is 35.3 Å². The third-order valence-corrected chi connectivity index (χ3v) is 13.2. The van der Waals surface area contributed by atoms with Crippen LogP contribution in [0.5, 0.6) is 11.5 Å². The number of methoxy groups -OCH3 is 1. The second-order valence-corrected chi connectivity index (χ2v) is 17.2. The third-order valence-electron chi connectivity index (χ3n) is 13.2. The number of ketones is 2. The summed E-state index contributed by atoms with van der Waals surface area (Å²) in [5.41, 5.74) is 14.1. The third kappa shape index (κ3) is 11.7. The Hall–Kier alpha value is -4.76. The molecule has 1 saturated heterocycles. The molecule has 59 heavy (non-hydrogen) atoms. The minimum Gasteiger partial charge on any atom is -0.504 e. The largest absolute Gasteiger partial charge is 0.504 e. The van der Waals surface area contributed by atoms with Crippen molar-refractivity contribution in [2.24, 2.45) is 29.4 Å². The Kier molecular flexibility index (Phi) is 15.1. The number of phenols is 1. The number of ether oxygens (including phenoxy) is 1. The molecule has 1 aliphatic carbocycles. The summed E-state index contributed by atoms with van der Waals surface area (Å²) in [5.74, 6) is 3.02. The Morgan fingerprint density at radius 1 is 0.932 bits per heavy atom. The predicted molar refractivity (Wildman–Crippen MR) is 238 cm³/mol. The lowest BCUT2D eigenvalue weighted by atomic mass is 9.61. The normalized spacial score (nSPS) is 23.8. The van der Waals surface area contributed by atoms with E-state index in [-0.39, 0.29) is 29.9 Å². The zero-order valence-corrected chi connectivity index (χ0v) is 34.8. The van der Waals surface area contributed by atoms with Crippen molar-refractivity contribution < 1.29 is 19.4 Å². The number of nitrogens with one attached hydrogen (secondary N) is 3. The average Bonchev–Trinajstić information content (AvgIpc) is 3.25. The molecular formula is C51H64N4O4. The van der Waals surface area contributed by atoms with Gasteiger partial charge in [-0.2, -0.15) is 0 Å². The van der Waals surface area contributed by atoms with Gasteiger partial charge in [0.05, 0.1) is 19.7 Å². The SMILES string of the molecule is COc1cc(C=CC(=O)CC(=O)CCCCCC2C3CCNCC3CC3C=CCNC32)c(CC2=CNC(N)C=C2CCc2cccc(CCc3ccccc3)c2)cc1O. The Morgan fingerprint density at radius 2 is 1.73 bits per heavy atom. The molecule has 2 fully saturated rings. The van der Waals surface area contributed by atoms with Gasteiger partial charge in [-0.3, -0.25) is 9.59 Å². The van der Waals surface area contributed by atoms with E-state index in [4.69, 9.17) is 10.5 Å². The number of carbonyl (C=O) groups is 2. The van der Waals surface area contributed by atoms with Gasteiger partial charge in [-0.05, 0) is 158 Å². The van der Waals surface area contributed by atoms with Crippen LogP contribution >= 0.6 is 0 Å². The molecule has 312 valence electrons. The van der Waals surface area contributed by atoms with Crippen molar-refractivity contribution in [3.05, 3.63) is 136 Å². The van der Waals surface area contributed by atoms with Crippen LogP contribution in [-0.4, -0.2) is 55.6 Å². The number of piperidine rings is 1. The standard InChI is InChI=1S/C51H64N4O4/c1-59-49-30-38(21-22-45(57)32-44(56)15-6-3-7-16-47-46-23-25-53-33-43(46)27-40-14-9-24-54-51(40)47)41(29-48(49)58)28-42-34-55-50(52)31-39(42)20-19-37-13-8-12-36(26-37)18-17-35-10-4-2-5-11-35/h2,4-5,8-14,21-22,26,29-31,34,40,43,46-47,50-51,53-55,58H,3,6-7,15-20,23-25,27-28,32-33,52H2,1H3. The fourth-order valence-electron chi connectivity index (χ4n) is 10.1. The van der Waals surface area contributed by atoms with Crippen LogP contribution in [0.15, 0.2) is 108 Å². The number of nitrogens with two attached hydrogens (primary N) is 1. The monoisotopic (exact) mass is 796 g/mol. The molecule has 4 aliphatic rings. The van der Waals surface area contributed by atoms with Crippen LogP contribution in [0.1, 0.15) is 85.6 Å². The topological polar surface area (TPSA) is 126 Å². The molecule has 6 N–H and O–H groups in total. The number of aryl methyl sites for hydroxylation is 3. The number of benzene rings is 3. The summed E-state index contributed by atoms with van der Waals surface area (Å²) in [6.45, 7) is 3.24. The number of rotatable bonds is 19. The van der Waals surface area contributed by atoms with Gasteiger partial charge in [0.25, 0.3) is 0 Å². The lowest BCUT2D eigenvalue weighted by molar-refractivity contribution is -0.124. The summed E-state index contributed by atoms with van der Waals surface area (Å²) in [5, 5.41) is 21.5. The van der Waals surface area contributed by atoms with Crippen molar-refractivity contribution in [1.29, 1.82) is 0 Å². The van der Waals surface area contributed by atoms with Gasteiger partial charge in [-0.15, -0.1) is 0 Å². The fourth-order valence-corrected chi connectivity index (χ4v) is 10.1. The highest BCUT2D eigenvalue weighted by atomic mass is 16.5. The number of Topliss-reactive ketones (excluding diaryl/α,β-unsaturated/α-hetero) is 1. The number of allylic oxidation sites excluding steroid dienone is 3. The number of carbonyl (C=O) groups excluding carboxylic acids is 2. The van der Waals surface area contributed by atoms with Crippen LogP contribution < -0.4 is 26.4 Å². The number of hydrogen-bond donors (Lipinski definition) is 5. The zero-order valence-electron chi connectivity index (χ0n) is 34.8. The van der Waals surface area contributed by atoms with Crippen molar-refractivity contribution in [3.63, 3.8) is 0 Å². The summed E-state index contributed by atoms with van der Waals surface area (Å²) in [6, 6.07) is 23.5. The number of dihydropyridines is 1. The molecule has 6 atom stereocenters. The molecule has 6 unspecified atom stereocenters. The minimum atomic E-state index is -0.289. The lowest BCUT2D eigenvalue weighted by Gasteiger charge is -2.50. The molecule has 8 heteroatoms. The van der Waals surface area contributed by atoms with Gasteiger partial charge in [-0.1, -0.05) is 85.7 Å². The van der Waals surface area contributed by atoms with Gasteiger partial charge in [0.15, 0.2) is 17.3 Å². The summed E-state index contributed by atoms with van der Waals surface area (Å²) < 4.78 is 5.44. The maximum absolute atomic E-state index is 13.1. The first-order valence-electron chi connectivity index (χ1n) is 22.1. The lowest BCUT2D eigenvalue weighted by Crippen LogP contribution is -2.55. The minimum absolute atomic E-state index is 0.00956. The second-order valence-electron chi connectivity index (χ2n) is 17.2. The van der Waals surface area contributed by atoms with Crippen LogP contribution in [0.3, 0.4) is 0 Å². The van der Waals surface area contributed by atoms with E-state index < -0.39 is 0 Å². The van der Waals surface area contributed by atoms with E-state index in [9.17, 15) is 14.7 Å².